The molecule has 0 aromatic rings. The summed E-state index contributed by atoms with van der Waals surface area (Å²) in [5, 5.41) is 6.28. The van der Waals surface area contributed by atoms with E-state index < -0.39 is 0 Å². The number of unbranched alkanes of at least 4 members (excludes halogenated alkanes) is 1. The molecule has 0 spiro atoms. The summed E-state index contributed by atoms with van der Waals surface area (Å²) in [4.78, 5) is 11.6. The minimum atomic E-state index is 0.162. The molecule has 1 atom stereocenters. The van der Waals surface area contributed by atoms with Crippen LogP contribution in [0.15, 0.2) is 0 Å². The molecule has 1 unspecified atom stereocenters. The third-order valence-corrected chi connectivity index (χ3v) is 3.06. The zero-order valence-corrected chi connectivity index (χ0v) is 11.4. The van der Waals surface area contributed by atoms with E-state index in [1.165, 1.54) is 6.42 Å². The molecule has 18 heavy (non-hydrogen) atoms. The summed E-state index contributed by atoms with van der Waals surface area (Å²) in [6.07, 6.45) is 4.88. The molecular formula is C13H26N2O3. The van der Waals surface area contributed by atoms with Gasteiger partial charge in [0, 0.05) is 32.7 Å². The second kappa shape index (κ2) is 10.3. The van der Waals surface area contributed by atoms with Gasteiger partial charge in [0.15, 0.2) is 0 Å². The summed E-state index contributed by atoms with van der Waals surface area (Å²) in [5.74, 6) is 0.162. The smallest absolute Gasteiger partial charge is 0.221 e. The van der Waals surface area contributed by atoms with Crippen LogP contribution in [0.5, 0.6) is 0 Å². The molecule has 2 N–H and O–H groups in total. The number of carbonyl (C=O) groups is 1. The Kier molecular flexibility index (Phi) is 8.81. The fourth-order valence-corrected chi connectivity index (χ4v) is 2.03. The third-order valence-electron chi connectivity index (χ3n) is 3.06. The van der Waals surface area contributed by atoms with Crippen molar-refractivity contribution in [2.24, 2.45) is 0 Å². The molecule has 1 heterocycles. The topological polar surface area (TPSA) is 59.6 Å². The molecule has 1 aliphatic heterocycles. The monoisotopic (exact) mass is 258 g/mol. The van der Waals surface area contributed by atoms with Crippen LogP contribution in [-0.4, -0.2) is 52.0 Å². The van der Waals surface area contributed by atoms with E-state index in [1.54, 1.807) is 7.11 Å². The molecule has 0 aromatic carbocycles. The van der Waals surface area contributed by atoms with E-state index in [0.717, 1.165) is 39.0 Å². The van der Waals surface area contributed by atoms with E-state index in [1.807, 2.05) is 0 Å². The van der Waals surface area contributed by atoms with Crippen molar-refractivity contribution in [2.45, 2.75) is 38.1 Å². The van der Waals surface area contributed by atoms with Crippen molar-refractivity contribution in [1.29, 1.82) is 0 Å². The highest BCUT2D eigenvalue weighted by molar-refractivity contribution is 5.76. The maximum absolute atomic E-state index is 11.6. The summed E-state index contributed by atoms with van der Waals surface area (Å²) in [7, 11) is 1.66. The van der Waals surface area contributed by atoms with E-state index in [2.05, 4.69) is 10.6 Å². The van der Waals surface area contributed by atoms with E-state index in [-0.39, 0.29) is 5.91 Å². The number of rotatable bonds is 10. The molecule has 106 valence electrons. The van der Waals surface area contributed by atoms with Gasteiger partial charge in [-0.15, -0.1) is 0 Å². The van der Waals surface area contributed by atoms with Gasteiger partial charge < -0.3 is 20.1 Å². The molecule has 1 saturated heterocycles. The first-order chi connectivity index (χ1) is 8.83. The Labute approximate surface area is 110 Å². The van der Waals surface area contributed by atoms with Crippen LogP contribution < -0.4 is 10.6 Å². The number of methoxy groups -OCH3 is 1. The van der Waals surface area contributed by atoms with Gasteiger partial charge in [-0.2, -0.15) is 0 Å². The SMILES string of the molecule is COCCOCCCCNC(=O)CC1CCCN1. The van der Waals surface area contributed by atoms with Gasteiger partial charge >= 0.3 is 0 Å². The van der Waals surface area contributed by atoms with Gasteiger partial charge in [-0.25, -0.2) is 0 Å². The molecule has 0 radical (unpaired) electrons. The number of nitrogens with one attached hydrogen (secondary N) is 2. The van der Waals surface area contributed by atoms with Gasteiger partial charge in [0.1, 0.15) is 0 Å². The van der Waals surface area contributed by atoms with Crippen LogP contribution in [0.25, 0.3) is 0 Å². The molecule has 0 aromatic heterocycles. The Balaban J connectivity index is 1.83. The van der Waals surface area contributed by atoms with Crippen LogP contribution in [0.4, 0.5) is 0 Å². The lowest BCUT2D eigenvalue weighted by Crippen LogP contribution is -2.32. The summed E-state index contributed by atoms with van der Waals surface area (Å²) < 4.78 is 10.2. The maximum atomic E-state index is 11.6. The van der Waals surface area contributed by atoms with Crippen molar-refractivity contribution in [3.63, 3.8) is 0 Å². The Morgan fingerprint density at radius 2 is 2.22 bits per heavy atom. The number of carbonyl (C=O) groups excluding carboxylic acids is 1. The van der Waals surface area contributed by atoms with Crippen molar-refractivity contribution < 1.29 is 14.3 Å². The second-order valence-electron chi connectivity index (χ2n) is 4.66. The summed E-state index contributed by atoms with van der Waals surface area (Å²) in [6, 6.07) is 0.391. The van der Waals surface area contributed by atoms with Crippen molar-refractivity contribution >= 4 is 5.91 Å². The van der Waals surface area contributed by atoms with Crippen LogP contribution in [0, 0.1) is 0 Å². The first-order valence-corrected chi connectivity index (χ1v) is 6.89. The highest BCUT2D eigenvalue weighted by Crippen LogP contribution is 2.08. The van der Waals surface area contributed by atoms with Crippen molar-refractivity contribution in [2.75, 3.05) is 40.0 Å². The standard InChI is InChI=1S/C13H26N2O3/c1-17-9-10-18-8-3-2-6-15-13(16)11-12-5-4-7-14-12/h12,14H,2-11H2,1H3,(H,15,16). The average Bonchev–Trinajstić information content (AvgIpc) is 2.85. The van der Waals surface area contributed by atoms with E-state index in [0.29, 0.717) is 25.7 Å². The highest BCUT2D eigenvalue weighted by Gasteiger charge is 2.16. The van der Waals surface area contributed by atoms with Crippen LogP contribution in [0.3, 0.4) is 0 Å². The van der Waals surface area contributed by atoms with Crippen molar-refractivity contribution in [3.8, 4) is 0 Å². The van der Waals surface area contributed by atoms with Crippen LogP contribution >= 0.6 is 0 Å². The molecule has 0 bridgehead atoms. The second-order valence-corrected chi connectivity index (χ2v) is 4.66. The maximum Gasteiger partial charge on any atom is 0.221 e. The normalized spacial score (nSPS) is 19.1. The van der Waals surface area contributed by atoms with E-state index in [9.17, 15) is 4.79 Å². The Bertz CT molecular complexity index is 218. The largest absolute Gasteiger partial charge is 0.382 e. The molecule has 1 aliphatic rings. The van der Waals surface area contributed by atoms with Crippen molar-refractivity contribution in [1.82, 2.24) is 10.6 Å². The fourth-order valence-electron chi connectivity index (χ4n) is 2.03. The van der Waals surface area contributed by atoms with Gasteiger partial charge in [-0.1, -0.05) is 0 Å². The van der Waals surface area contributed by atoms with Gasteiger partial charge in [-0.05, 0) is 32.2 Å². The Hall–Kier alpha value is -0.650. The lowest BCUT2D eigenvalue weighted by atomic mass is 10.1. The molecule has 1 fully saturated rings. The zero-order chi connectivity index (χ0) is 13.1. The first kappa shape index (κ1) is 15.4. The summed E-state index contributed by atoms with van der Waals surface area (Å²) in [5.41, 5.74) is 0. The first-order valence-electron chi connectivity index (χ1n) is 6.89. The minimum absolute atomic E-state index is 0.162. The fraction of sp³-hybridized carbons (Fsp3) is 0.923. The molecule has 1 amide bonds. The number of hydrogen-bond donors (Lipinski definition) is 2. The van der Waals surface area contributed by atoms with Gasteiger partial charge in [0.05, 0.1) is 13.2 Å². The predicted octanol–water partition coefficient (Wildman–Crippen LogP) is 0.688. The van der Waals surface area contributed by atoms with Gasteiger partial charge in [0.25, 0.3) is 0 Å². The average molecular weight is 258 g/mol. The van der Waals surface area contributed by atoms with Crippen molar-refractivity contribution in [3.05, 3.63) is 0 Å². The molecule has 1 rings (SSSR count). The van der Waals surface area contributed by atoms with Crippen LogP contribution in [0.2, 0.25) is 0 Å². The van der Waals surface area contributed by atoms with Crippen LogP contribution in [-0.2, 0) is 14.3 Å². The summed E-state index contributed by atoms with van der Waals surface area (Å²) >= 11 is 0. The molecule has 0 aliphatic carbocycles. The zero-order valence-electron chi connectivity index (χ0n) is 11.4. The van der Waals surface area contributed by atoms with Gasteiger partial charge in [0.2, 0.25) is 5.91 Å². The van der Waals surface area contributed by atoms with Gasteiger partial charge in [-0.3, -0.25) is 4.79 Å². The molecule has 5 nitrogen and oxygen atoms in total. The minimum Gasteiger partial charge on any atom is -0.382 e. The Morgan fingerprint density at radius 1 is 1.33 bits per heavy atom. The summed E-state index contributed by atoms with van der Waals surface area (Å²) in [6.45, 7) is 3.83. The lowest BCUT2D eigenvalue weighted by Gasteiger charge is -2.10. The molecule has 5 heteroatoms. The quantitative estimate of drug-likeness (QED) is 0.566. The Morgan fingerprint density at radius 3 is 2.94 bits per heavy atom. The van der Waals surface area contributed by atoms with Crippen LogP contribution in [0.1, 0.15) is 32.1 Å². The predicted molar refractivity (Wildman–Crippen MR) is 70.6 cm³/mol. The number of hydrogen-bond acceptors (Lipinski definition) is 4. The molecular weight excluding hydrogens is 232 g/mol. The third kappa shape index (κ3) is 7.63. The lowest BCUT2D eigenvalue weighted by molar-refractivity contribution is -0.121. The number of ether oxygens (including phenoxy) is 2. The highest BCUT2D eigenvalue weighted by atomic mass is 16.5. The molecule has 0 saturated carbocycles. The van der Waals surface area contributed by atoms with E-state index in [4.69, 9.17) is 9.47 Å². The number of amides is 1. The van der Waals surface area contributed by atoms with E-state index >= 15 is 0 Å².